The van der Waals surface area contributed by atoms with Gasteiger partial charge in [0.1, 0.15) is 0 Å². The third kappa shape index (κ3) is 1.74. The SMILES string of the molecule is C=C(/N=C\C)c1cnc2c(CC)cnn2c1. The summed E-state index contributed by atoms with van der Waals surface area (Å²) in [7, 11) is 0. The molecule has 0 saturated heterocycles. The normalized spacial score (nSPS) is 11.4. The molecule has 0 unspecified atom stereocenters. The first kappa shape index (κ1) is 10.5. The Morgan fingerprint density at radius 1 is 1.56 bits per heavy atom. The fraction of sp³-hybridized carbons (Fsp3) is 0.250. The molecule has 0 saturated carbocycles. The van der Waals surface area contributed by atoms with Crippen molar-refractivity contribution in [3.05, 3.63) is 36.3 Å². The van der Waals surface area contributed by atoms with Crippen molar-refractivity contribution in [2.75, 3.05) is 0 Å². The van der Waals surface area contributed by atoms with E-state index >= 15 is 0 Å². The molecular weight excluding hydrogens is 200 g/mol. The van der Waals surface area contributed by atoms with Crippen LogP contribution in [0.2, 0.25) is 0 Å². The minimum Gasteiger partial charge on any atom is -0.261 e. The molecule has 0 atom stereocenters. The van der Waals surface area contributed by atoms with Gasteiger partial charge in [0.15, 0.2) is 5.65 Å². The molecule has 2 heterocycles. The maximum absolute atomic E-state index is 4.38. The van der Waals surface area contributed by atoms with Crippen LogP contribution in [0.5, 0.6) is 0 Å². The van der Waals surface area contributed by atoms with Gasteiger partial charge in [-0.3, -0.25) is 4.99 Å². The first-order valence-electron chi connectivity index (χ1n) is 5.26. The van der Waals surface area contributed by atoms with Crippen molar-refractivity contribution in [3.8, 4) is 0 Å². The molecule has 0 aromatic carbocycles. The van der Waals surface area contributed by atoms with Crippen molar-refractivity contribution in [3.63, 3.8) is 0 Å². The van der Waals surface area contributed by atoms with Gasteiger partial charge in [-0.15, -0.1) is 0 Å². The second-order valence-electron chi connectivity index (χ2n) is 3.47. The van der Waals surface area contributed by atoms with E-state index in [1.165, 1.54) is 0 Å². The van der Waals surface area contributed by atoms with Gasteiger partial charge in [-0.05, 0) is 13.3 Å². The van der Waals surface area contributed by atoms with Gasteiger partial charge < -0.3 is 0 Å². The van der Waals surface area contributed by atoms with E-state index in [9.17, 15) is 0 Å². The summed E-state index contributed by atoms with van der Waals surface area (Å²) >= 11 is 0. The first-order chi connectivity index (χ1) is 7.76. The molecule has 4 nitrogen and oxygen atoms in total. The van der Waals surface area contributed by atoms with Crippen molar-refractivity contribution < 1.29 is 0 Å². The van der Waals surface area contributed by atoms with Crippen LogP contribution in [0.1, 0.15) is 25.0 Å². The highest BCUT2D eigenvalue weighted by molar-refractivity contribution is 5.71. The monoisotopic (exact) mass is 214 g/mol. The fourth-order valence-electron chi connectivity index (χ4n) is 1.55. The lowest BCUT2D eigenvalue weighted by atomic mass is 10.2. The number of aliphatic imine (C=N–C) groups is 1. The van der Waals surface area contributed by atoms with Gasteiger partial charge in [-0.1, -0.05) is 13.5 Å². The molecule has 2 aromatic rings. The second-order valence-corrected chi connectivity index (χ2v) is 3.47. The summed E-state index contributed by atoms with van der Waals surface area (Å²) in [5.41, 5.74) is 3.64. The molecule has 82 valence electrons. The first-order valence-corrected chi connectivity index (χ1v) is 5.26. The molecule has 0 bridgehead atoms. The molecule has 0 radical (unpaired) electrons. The van der Waals surface area contributed by atoms with Crippen molar-refractivity contribution in [2.45, 2.75) is 20.3 Å². The fourth-order valence-corrected chi connectivity index (χ4v) is 1.55. The summed E-state index contributed by atoms with van der Waals surface area (Å²) in [4.78, 5) is 8.51. The minimum atomic E-state index is 0.699. The number of fused-ring (bicyclic) bond motifs is 1. The summed E-state index contributed by atoms with van der Waals surface area (Å²) in [6, 6.07) is 0. The number of aromatic nitrogens is 3. The van der Waals surface area contributed by atoms with Crippen molar-refractivity contribution in [2.24, 2.45) is 4.99 Å². The Kier molecular flexibility index (Phi) is 2.81. The van der Waals surface area contributed by atoms with E-state index in [4.69, 9.17) is 0 Å². The predicted molar refractivity (Wildman–Crippen MR) is 65.6 cm³/mol. The summed E-state index contributed by atoms with van der Waals surface area (Å²) in [6.07, 6.45) is 8.18. The number of rotatable bonds is 3. The third-order valence-electron chi connectivity index (χ3n) is 2.43. The van der Waals surface area contributed by atoms with Crippen LogP contribution < -0.4 is 0 Å². The molecule has 0 aliphatic rings. The lowest BCUT2D eigenvalue weighted by Gasteiger charge is -2.00. The van der Waals surface area contributed by atoms with Gasteiger partial charge in [-0.25, -0.2) is 9.50 Å². The van der Waals surface area contributed by atoms with Crippen LogP contribution in [0.25, 0.3) is 11.3 Å². The van der Waals surface area contributed by atoms with E-state index in [2.05, 4.69) is 28.6 Å². The molecule has 0 aliphatic carbocycles. The van der Waals surface area contributed by atoms with Gasteiger partial charge in [0.05, 0.1) is 11.9 Å². The van der Waals surface area contributed by atoms with Crippen LogP contribution >= 0.6 is 0 Å². The molecule has 2 rings (SSSR count). The lowest BCUT2D eigenvalue weighted by molar-refractivity contribution is 0.934. The van der Waals surface area contributed by atoms with Crippen LogP contribution in [0, 0.1) is 0 Å². The lowest BCUT2D eigenvalue weighted by Crippen LogP contribution is -1.94. The molecule has 0 fully saturated rings. The van der Waals surface area contributed by atoms with E-state index in [1.807, 2.05) is 19.3 Å². The maximum Gasteiger partial charge on any atom is 0.158 e. The predicted octanol–water partition coefficient (Wildman–Crippen LogP) is 2.35. The maximum atomic E-state index is 4.38. The van der Waals surface area contributed by atoms with Crippen LogP contribution in [-0.2, 0) is 6.42 Å². The zero-order chi connectivity index (χ0) is 11.5. The van der Waals surface area contributed by atoms with Crippen molar-refractivity contribution in [1.82, 2.24) is 14.6 Å². The molecular formula is C12H14N4. The van der Waals surface area contributed by atoms with E-state index in [0.717, 1.165) is 23.2 Å². The second kappa shape index (κ2) is 4.26. The molecule has 0 N–H and O–H groups in total. The molecule has 0 aliphatic heterocycles. The summed E-state index contributed by atoms with van der Waals surface area (Å²) in [5.74, 6) is 0. The van der Waals surface area contributed by atoms with Gasteiger partial charge in [0.25, 0.3) is 0 Å². The smallest absolute Gasteiger partial charge is 0.158 e. The van der Waals surface area contributed by atoms with Gasteiger partial charge in [-0.2, -0.15) is 5.10 Å². The van der Waals surface area contributed by atoms with Crippen LogP contribution in [0.15, 0.2) is 30.2 Å². The summed E-state index contributed by atoms with van der Waals surface area (Å²) in [5, 5.41) is 4.25. The minimum absolute atomic E-state index is 0.699. The average Bonchev–Trinajstić information content (AvgIpc) is 2.71. The zero-order valence-electron chi connectivity index (χ0n) is 9.51. The molecule has 0 spiro atoms. The number of hydrogen-bond donors (Lipinski definition) is 0. The Labute approximate surface area is 94.4 Å². The van der Waals surface area contributed by atoms with E-state index < -0.39 is 0 Å². The Hall–Kier alpha value is -1.97. The largest absolute Gasteiger partial charge is 0.261 e. The van der Waals surface area contributed by atoms with E-state index in [-0.39, 0.29) is 0 Å². The van der Waals surface area contributed by atoms with E-state index in [1.54, 1.807) is 16.9 Å². The zero-order valence-corrected chi connectivity index (χ0v) is 9.51. The Bertz CT molecular complexity index is 551. The number of aryl methyl sites for hydroxylation is 1. The van der Waals surface area contributed by atoms with Gasteiger partial charge >= 0.3 is 0 Å². The topological polar surface area (TPSA) is 42.5 Å². The van der Waals surface area contributed by atoms with Crippen LogP contribution in [-0.4, -0.2) is 20.8 Å². The molecule has 4 heteroatoms. The Balaban J connectivity index is 2.49. The number of hydrogen-bond acceptors (Lipinski definition) is 3. The van der Waals surface area contributed by atoms with Gasteiger partial charge in [0.2, 0.25) is 0 Å². The highest BCUT2D eigenvalue weighted by atomic mass is 15.2. The highest BCUT2D eigenvalue weighted by Gasteiger charge is 2.05. The standard InChI is InChI=1S/C12H14N4/c1-4-10-7-15-16-8-11(6-14-12(10)16)9(3)13-5-2/h5-8H,3-4H2,1-2H3/b13-5-. The van der Waals surface area contributed by atoms with E-state index in [0.29, 0.717) is 5.70 Å². The van der Waals surface area contributed by atoms with Crippen molar-refractivity contribution in [1.29, 1.82) is 0 Å². The molecule has 0 amide bonds. The van der Waals surface area contributed by atoms with Crippen LogP contribution in [0.3, 0.4) is 0 Å². The molecule has 16 heavy (non-hydrogen) atoms. The molecule has 2 aromatic heterocycles. The summed E-state index contributed by atoms with van der Waals surface area (Å²) < 4.78 is 1.77. The third-order valence-corrected chi connectivity index (χ3v) is 2.43. The Morgan fingerprint density at radius 2 is 2.38 bits per heavy atom. The summed E-state index contributed by atoms with van der Waals surface area (Å²) in [6.45, 7) is 7.82. The average molecular weight is 214 g/mol. The van der Waals surface area contributed by atoms with Crippen LogP contribution in [0.4, 0.5) is 0 Å². The van der Waals surface area contributed by atoms with Crippen molar-refractivity contribution >= 4 is 17.6 Å². The van der Waals surface area contributed by atoms with Gasteiger partial charge in [0, 0.05) is 29.7 Å². The highest BCUT2D eigenvalue weighted by Crippen LogP contribution is 2.14. The number of nitrogens with zero attached hydrogens (tertiary/aromatic N) is 4. The quantitative estimate of drug-likeness (QED) is 0.736. The Morgan fingerprint density at radius 3 is 3.06 bits per heavy atom.